The van der Waals surface area contributed by atoms with Gasteiger partial charge in [-0.25, -0.2) is 0 Å². The lowest BCUT2D eigenvalue weighted by molar-refractivity contribution is 0.824. The topological polar surface area (TPSA) is 93.4 Å². The van der Waals surface area contributed by atoms with Gasteiger partial charge in [0.1, 0.15) is 0 Å². The fraction of sp³-hybridized carbons (Fsp3) is 0.167. The van der Waals surface area contributed by atoms with Crippen LogP contribution in [0.25, 0.3) is 11.4 Å². The molecule has 0 atom stereocenters. The van der Waals surface area contributed by atoms with Gasteiger partial charge in [-0.05, 0) is 76.2 Å². The number of nitrogens with two attached hydrogens (primary N) is 2. The van der Waals surface area contributed by atoms with Crippen molar-refractivity contribution in [3.8, 4) is 11.4 Å². The van der Waals surface area contributed by atoms with Crippen molar-refractivity contribution in [1.82, 2.24) is 9.13 Å². The summed E-state index contributed by atoms with van der Waals surface area (Å²) in [4.78, 5) is 0. The smallest absolute Gasteiger partial charge is 0.0685 e. The highest BCUT2D eigenvalue weighted by atomic mass is 16.0. The highest BCUT2D eigenvalue weighted by Crippen LogP contribution is 2.22. The first-order valence-corrected chi connectivity index (χ1v) is 9.40. The van der Waals surface area contributed by atoms with Gasteiger partial charge in [-0.15, -0.1) is 0 Å². The lowest BCUT2D eigenvalue weighted by Crippen LogP contribution is -2.02. The third-order valence-electron chi connectivity index (χ3n) is 4.90. The fourth-order valence-electron chi connectivity index (χ4n) is 3.48. The predicted octanol–water partition coefficient (Wildman–Crippen LogP) is 4.53. The van der Waals surface area contributed by atoms with Crippen molar-refractivity contribution in [1.29, 1.82) is 0 Å². The molecule has 5 heteroatoms. The monoisotopic (exact) mass is 390 g/mol. The first-order valence-electron chi connectivity index (χ1n) is 9.40. The Kier molecular flexibility index (Phi) is 6.91. The molecule has 0 aliphatic rings. The van der Waals surface area contributed by atoms with Crippen molar-refractivity contribution in [2.24, 2.45) is 0 Å². The van der Waals surface area contributed by atoms with Crippen LogP contribution in [0.1, 0.15) is 22.8 Å². The molecule has 5 nitrogen and oxygen atoms in total. The van der Waals surface area contributed by atoms with Crippen LogP contribution >= 0.6 is 0 Å². The van der Waals surface area contributed by atoms with Gasteiger partial charge in [0.05, 0.1) is 22.7 Å². The number of anilines is 2. The minimum absolute atomic E-state index is 0. The van der Waals surface area contributed by atoms with Crippen LogP contribution in [0.2, 0.25) is 0 Å². The molecule has 0 amide bonds. The number of aromatic nitrogens is 2. The van der Waals surface area contributed by atoms with Crippen molar-refractivity contribution in [3.05, 3.63) is 95.6 Å². The standard InChI is InChI=1S/2C12H14N2.H2O/c2*1-9-7-8-10(2)14(9)12-6-4-3-5-11(12)13;/h2*3-8H,13H2,1-2H3;1H2. The normalized spacial score (nSPS) is 10.1. The molecule has 0 saturated heterocycles. The maximum atomic E-state index is 5.93. The van der Waals surface area contributed by atoms with Gasteiger partial charge in [0.25, 0.3) is 0 Å². The summed E-state index contributed by atoms with van der Waals surface area (Å²) in [7, 11) is 0. The molecule has 0 radical (unpaired) electrons. The Bertz CT molecular complexity index is 965. The molecular weight excluding hydrogens is 360 g/mol. The second-order valence-corrected chi connectivity index (χ2v) is 7.02. The van der Waals surface area contributed by atoms with Crippen LogP contribution < -0.4 is 11.5 Å². The molecule has 2 aromatic heterocycles. The van der Waals surface area contributed by atoms with Crippen molar-refractivity contribution >= 4 is 11.4 Å². The quantitative estimate of drug-likeness (QED) is 0.492. The SMILES string of the molecule is Cc1ccc(C)n1-c1ccccc1N.Cc1ccc(C)n1-c1ccccc1N.O. The van der Waals surface area contributed by atoms with Gasteiger partial charge < -0.3 is 26.1 Å². The Morgan fingerprint density at radius 2 is 0.759 bits per heavy atom. The minimum atomic E-state index is 0. The summed E-state index contributed by atoms with van der Waals surface area (Å²) < 4.78 is 4.32. The van der Waals surface area contributed by atoms with E-state index in [1.54, 1.807) is 0 Å². The number of hydrogen-bond acceptors (Lipinski definition) is 2. The van der Waals surface area contributed by atoms with E-state index in [1.165, 1.54) is 22.8 Å². The highest BCUT2D eigenvalue weighted by molar-refractivity contribution is 5.59. The van der Waals surface area contributed by atoms with Crippen molar-refractivity contribution in [3.63, 3.8) is 0 Å². The summed E-state index contributed by atoms with van der Waals surface area (Å²) in [5.74, 6) is 0. The van der Waals surface area contributed by atoms with Crippen molar-refractivity contribution in [2.45, 2.75) is 27.7 Å². The van der Waals surface area contributed by atoms with Crippen molar-refractivity contribution < 1.29 is 5.48 Å². The Morgan fingerprint density at radius 1 is 0.483 bits per heavy atom. The molecule has 29 heavy (non-hydrogen) atoms. The number of benzene rings is 2. The van der Waals surface area contributed by atoms with Gasteiger partial charge in [-0.2, -0.15) is 0 Å². The van der Waals surface area contributed by atoms with Crippen LogP contribution in [-0.4, -0.2) is 14.6 Å². The Balaban J connectivity index is 0.000000200. The van der Waals surface area contributed by atoms with Crippen LogP contribution in [0, 0.1) is 27.7 Å². The van der Waals surface area contributed by atoms with Gasteiger partial charge in [-0.3, -0.25) is 0 Å². The zero-order valence-corrected chi connectivity index (χ0v) is 17.5. The predicted molar refractivity (Wildman–Crippen MR) is 123 cm³/mol. The van der Waals surface area contributed by atoms with E-state index < -0.39 is 0 Å². The van der Waals surface area contributed by atoms with E-state index in [9.17, 15) is 0 Å². The fourth-order valence-corrected chi connectivity index (χ4v) is 3.48. The van der Waals surface area contributed by atoms with Crippen LogP contribution in [0.3, 0.4) is 0 Å². The third-order valence-corrected chi connectivity index (χ3v) is 4.90. The third kappa shape index (κ3) is 4.52. The van der Waals surface area contributed by atoms with Gasteiger partial charge in [0, 0.05) is 22.8 Å². The molecule has 0 aliphatic carbocycles. The Morgan fingerprint density at radius 3 is 1.03 bits per heavy atom. The summed E-state index contributed by atoms with van der Waals surface area (Å²) >= 11 is 0. The molecule has 0 saturated carbocycles. The van der Waals surface area contributed by atoms with E-state index >= 15 is 0 Å². The van der Waals surface area contributed by atoms with Crippen LogP contribution in [0.5, 0.6) is 0 Å². The van der Waals surface area contributed by atoms with E-state index in [-0.39, 0.29) is 5.48 Å². The summed E-state index contributed by atoms with van der Waals surface area (Å²) in [5, 5.41) is 0. The second-order valence-electron chi connectivity index (χ2n) is 7.02. The van der Waals surface area contributed by atoms with Gasteiger partial charge in [0.2, 0.25) is 0 Å². The lowest BCUT2D eigenvalue weighted by atomic mass is 10.2. The minimum Gasteiger partial charge on any atom is -0.412 e. The van der Waals surface area contributed by atoms with Gasteiger partial charge >= 0.3 is 0 Å². The second kappa shape index (κ2) is 9.17. The average molecular weight is 391 g/mol. The molecule has 4 aromatic rings. The zero-order valence-electron chi connectivity index (χ0n) is 17.5. The molecule has 0 unspecified atom stereocenters. The first kappa shape index (κ1) is 21.9. The number of aryl methyl sites for hydroxylation is 4. The molecule has 2 aromatic carbocycles. The van der Waals surface area contributed by atoms with Crippen LogP contribution in [-0.2, 0) is 0 Å². The zero-order chi connectivity index (χ0) is 20.3. The maximum Gasteiger partial charge on any atom is 0.0685 e. The van der Waals surface area contributed by atoms with E-state index in [0.29, 0.717) is 0 Å². The summed E-state index contributed by atoms with van der Waals surface area (Å²) in [6.07, 6.45) is 0. The number of nitrogen functional groups attached to an aromatic ring is 2. The van der Waals surface area contributed by atoms with E-state index in [1.807, 2.05) is 48.5 Å². The van der Waals surface area contributed by atoms with Crippen molar-refractivity contribution in [2.75, 3.05) is 11.5 Å². The van der Waals surface area contributed by atoms with E-state index in [4.69, 9.17) is 11.5 Å². The molecule has 0 fully saturated rings. The molecule has 6 N–H and O–H groups in total. The summed E-state index contributed by atoms with van der Waals surface area (Å²) in [5.41, 5.74) is 20.4. The molecule has 4 rings (SSSR count). The van der Waals surface area contributed by atoms with E-state index in [2.05, 4.69) is 61.1 Å². The molecule has 0 aliphatic heterocycles. The number of nitrogens with zero attached hydrogens (tertiary/aromatic N) is 2. The molecular formula is C24H30N4O. The summed E-state index contributed by atoms with van der Waals surface area (Å²) in [6.45, 7) is 8.33. The molecule has 2 heterocycles. The largest absolute Gasteiger partial charge is 0.412 e. The average Bonchev–Trinajstić information content (AvgIpc) is 3.18. The molecule has 152 valence electrons. The van der Waals surface area contributed by atoms with Crippen LogP contribution in [0.4, 0.5) is 11.4 Å². The first-order chi connectivity index (χ1) is 13.4. The summed E-state index contributed by atoms with van der Waals surface area (Å²) in [6, 6.07) is 24.2. The maximum absolute atomic E-state index is 5.93. The van der Waals surface area contributed by atoms with Gasteiger partial charge in [-0.1, -0.05) is 24.3 Å². The number of rotatable bonds is 2. The Hall–Kier alpha value is -3.44. The van der Waals surface area contributed by atoms with E-state index in [0.717, 1.165) is 22.7 Å². The van der Waals surface area contributed by atoms with Crippen LogP contribution in [0.15, 0.2) is 72.8 Å². The number of hydrogen-bond donors (Lipinski definition) is 2. The Labute approximate surface area is 172 Å². The molecule has 0 bridgehead atoms. The highest BCUT2D eigenvalue weighted by Gasteiger charge is 2.06. The molecule has 0 spiro atoms. The van der Waals surface area contributed by atoms with Gasteiger partial charge in [0.15, 0.2) is 0 Å². The number of para-hydroxylation sites is 4. The lowest BCUT2D eigenvalue weighted by Gasteiger charge is -2.11.